The lowest BCUT2D eigenvalue weighted by Crippen LogP contribution is -2.25. The number of rotatable bonds is 8. The molecule has 0 atom stereocenters. The van der Waals surface area contributed by atoms with Crippen LogP contribution in [0.5, 0.6) is 0 Å². The van der Waals surface area contributed by atoms with Gasteiger partial charge in [0.05, 0.1) is 9.82 Å². The highest BCUT2D eigenvalue weighted by atomic mass is 32.2. The average Bonchev–Trinajstić information content (AvgIpc) is 3.01. The largest absolute Gasteiger partial charge is 0.372 e. The zero-order valence-corrected chi connectivity index (χ0v) is 17.2. The second kappa shape index (κ2) is 9.84. The van der Waals surface area contributed by atoms with Crippen LogP contribution in [0.4, 0.5) is 11.4 Å². The van der Waals surface area contributed by atoms with Crippen molar-refractivity contribution in [2.24, 2.45) is 0 Å². The summed E-state index contributed by atoms with van der Waals surface area (Å²) in [4.78, 5) is 12.6. The number of benzene rings is 2. The number of sulfonamides is 1. The fourth-order valence-electron chi connectivity index (χ4n) is 3.55. The van der Waals surface area contributed by atoms with E-state index in [1.165, 1.54) is 49.6 Å². The van der Waals surface area contributed by atoms with E-state index in [9.17, 15) is 18.5 Å². The number of nitrogens with zero attached hydrogens (tertiary/aromatic N) is 2. The second-order valence-electron chi connectivity index (χ2n) is 7.32. The molecule has 0 spiro atoms. The lowest BCUT2D eigenvalue weighted by Gasteiger charge is -2.22. The van der Waals surface area contributed by atoms with Gasteiger partial charge in [0.25, 0.3) is 5.69 Å². The molecule has 29 heavy (non-hydrogen) atoms. The molecule has 7 nitrogen and oxygen atoms in total. The van der Waals surface area contributed by atoms with Gasteiger partial charge in [-0.05, 0) is 49.4 Å². The lowest BCUT2D eigenvalue weighted by molar-refractivity contribution is -0.385. The summed E-state index contributed by atoms with van der Waals surface area (Å²) in [5, 5.41) is 10.8. The van der Waals surface area contributed by atoms with Gasteiger partial charge < -0.3 is 4.90 Å². The summed E-state index contributed by atoms with van der Waals surface area (Å²) in [7, 11) is -3.76. The molecule has 0 aromatic heterocycles. The summed E-state index contributed by atoms with van der Waals surface area (Å²) in [5.74, 6) is 0. The predicted molar refractivity (Wildman–Crippen MR) is 114 cm³/mol. The maximum absolute atomic E-state index is 12.3. The van der Waals surface area contributed by atoms with Crippen molar-refractivity contribution in [3.8, 4) is 0 Å². The van der Waals surface area contributed by atoms with Crippen molar-refractivity contribution in [1.82, 2.24) is 4.72 Å². The average molecular weight is 418 g/mol. The highest BCUT2D eigenvalue weighted by molar-refractivity contribution is 7.89. The van der Waals surface area contributed by atoms with Crippen LogP contribution in [0.1, 0.15) is 37.7 Å². The molecule has 2 aromatic carbocycles. The van der Waals surface area contributed by atoms with Gasteiger partial charge in [0, 0.05) is 37.5 Å². The number of anilines is 1. The minimum atomic E-state index is -3.76. The third-order valence-corrected chi connectivity index (χ3v) is 6.64. The summed E-state index contributed by atoms with van der Waals surface area (Å²) in [6.45, 7) is 2.50. The van der Waals surface area contributed by atoms with E-state index in [0.29, 0.717) is 6.42 Å². The molecule has 0 unspecified atom stereocenters. The van der Waals surface area contributed by atoms with Crippen molar-refractivity contribution in [2.45, 2.75) is 43.4 Å². The molecule has 0 bridgehead atoms. The molecule has 1 heterocycles. The summed E-state index contributed by atoms with van der Waals surface area (Å²) in [5.41, 5.74) is 2.18. The van der Waals surface area contributed by atoms with Crippen LogP contribution in [0.2, 0.25) is 0 Å². The van der Waals surface area contributed by atoms with Crippen LogP contribution in [0.15, 0.2) is 53.4 Å². The Morgan fingerprint density at radius 1 is 1.00 bits per heavy atom. The van der Waals surface area contributed by atoms with Crippen molar-refractivity contribution >= 4 is 21.4 Å². The van der Waals surface area contributed by atoms with Crippen molar-refractivity contribution < 1.29 is 13.3 Å². The Balaban J connectivity index is 1.49. The van der Waals surface area contributed by atoms with Gasteiger partial charge in [-0.1, -0.05) is 31.0 Å². The first kappa shape index (κ1) is 21.3. The van der Waals surface area contributed by atoms with Crippen LogP contribution in [-0.4, -0.2) is 33.0 Å². The minimum absolute atomic E-state index is 0.0893. The molecular weight excluding hydrogens is 390 g/mol. The molecule has 1 fully saturated rings. The third-order valence-electron chi connectivity index (χ3n) is 5.18. The smallest absolute Gasteiger partial charge is 0.270 e. The maximum Gasteiger partial charge on any atom is 0.270 e. The summed E-state index contributed by atoms with van der Waals surface area (Å²) in [6.07, 6.45) is 6.51. The van der Waals surface area contributed by atoms with E-state index in [1.807, 2.05) is 0 Å². The quantitative estimate of drug-likeness (QED) is 0.400. The number of hydrogen-bond acceptors (Lipinski definition) is 5. The molecule has 1 saturated heterocycles. The van der Waals surface area contributed by atoms with Crippen LogP contribution < -0.4 is 9.62 Å². The van der Waals surface area contributed by atoms with Crippen molar-refractivity contribution in [1.29, 1.82) is 0 Å². The number of hydrogen-bond donors (Lipinski definition) is 1. The number of nitro benzene ring substituents is 1. The van der Waals surface area contributed by atoms with Gasteiger partial charge in [0.15, 0.2) is 0 Å². The first-order valence-corrected chi connectivity index (χ1v) is 11.5. The van der Waals surface area contributed by atoms with Crippen LogP contribution >= 0.6 is 0 Å². The monoisotopic (exact) mass is 417 g/mol. The summed E-state index contributed by atoms with van der Waals surface area (Å²) in [6, 6.07) is 13.6. The minimum Gasteiger partial charge on any atom is -0.372 e. The molecule has 0 saturated carbocycles. The van der Waals surface area contributed by atoms with Gasteiger partial charge in [0.2, 0.25) is 10.0 Å². The number of aryl methyl sites for hydroxylation is 1. The molecule has 156 valence electrons. The fraction of sp³-hybridized carbons (Fsp3) is 0.429. The molecule has 0 amide bonds. The van der Waals surface area contributed by atoms with E-state index in [1.54, 1.807) is 0 Å². The zero-order valence-electron chi connectivity index (χ0n) is 16.4. The number of nitrogens with one attached hydrogen (secondary N) is 1. The van der Waals surface area contributed by atoms with E-state index in [-0.39, 0.29) is 17.1 Å². The first-order valence-electron chi connectivity index (χ1n) is 10.0. The van der Waals surface area contributed by atoms with Gasteiger partial charge >= 0.3 is 0 Å². The summed E-state index contributed by atoms with van der Waals surface area (Å²) < 4.78 is 27.2. The van der Waals surface area contributed by atoms with Crippen LogP contribution in [0.25, 0.3) is 0 Å². The normalized spacial score (nSPS) is 15.1. The van der Waals surface area contributed by atoms with E-state index in [4.69, 9.17) is 0 Å². The maximum atomic E-state index is 12.3. The Kier molecular flexibility index (Phi) is 7.22. The SMILES string of the molecule is O=[N+]([O-])c1cccc(S(=O)(=O)NCCCc2ccc(N3CCCCCC3)cc2)c1. The van der Waals surface area contributed by atoms with Crippen molar-refractivity contribution in [3.05, 3.63) is 64.2 Å². The second-order valence-corrected chi connectivity index (χ2v) is 9.09. The van der Waals surface area contributed by atoms with Crippen LogP contribution in [0, 0.1) is 10.1 Å². The Hall–Kier alpha value is -2.45. The van der Waals surface area contributed by atoms with Gasteiger partial charge in [-0.3, -0.25) is 10.1 Å². The molecule has 0 aliphatic carbocycles. The van der Waals surface area contributed by atoms with Gasteiger partial charge in [-0.2, -0.15) is 0 Å². The van der Waals surface area contributed by atoms with Gasteiger partial charge in [-0.15, -0.1) is 0 Å². The van der Waals surface area contributed by atoms with Crippen molar-refractivity contribution in [2.75, 3.05) is 24.5 Å². The van der Waals surface area contributed by atoms with Crippen LogP contribution in [0.3, 0.4) is 0 Å². The number of non-ortho nitro benzene ring substituents is 1. The molecule has 1 aliphatic heterocycles. The first-order chi connectivity index (χ1) is 14.0. The molecule has 3 rings (SSSR count). The Labute approximate surface area is 171 Å². The van der Waals surface area contributed by atoms with E-state index >= 15 is 0 Å². The zero-order chi connectivity index (χ0) is 20.7. The standard InChI is InChI=1S/C21H27N3O4S/c25-24(26)20-8-5-9-21(17-20)29(27,28)22-14-6-7-18-10-12-19(13-11-18)23-15-3-1-2-4-16-23/h5,8-13,17,22H,1-4,6-7,14-16H2. The van der Waals surface area contributed by atoms with E-state index in [0.717, 1.165) is 31.1 Å². The fourth-order valence-corrected chi connectivity index (χ4v) is 4.66. The lowest BCUT2D eigenvalue weighted by atomic mass is 10.1. The summed E-state index contributed by atoms with van der Waals surface area (Å²) >= 11 is 0. The number of nitro groups is 1. The highest BCUT2D eigenvalue weighted by Gasteiger charge is 2.17. The van der Waals surface area contributed by atoms with Gasteiger partial charge in [0.1, 0.15) is 0 Å². The van der Waals surface area contributed by atoms with E-state index < -0.39 is 14.9 Å². The molecule has 1 N–H and O–H groups in total. The van der Waals surface area contributed by atoms with Crippen molar-refractivity contribution in [3.63, 3.8) is 0 Å². The Bertz CT molecular complexity index is 921. The third kappa shape index (κ3) is 6.01. The van der Waals surface area contributed by atoms with Crippen LogP contribution in [-0.2, 0) is 16.4 Å². The molecule has 1 aliphatic rings. The molecule has 2 aromatic rings. The highest BCUT2D eigenvalue weighted by Crippen LogP contribution is 2.21. The molecule has 0 radical (unpaired) electrons. The Morgan fingerprint density at radius 3 is 2.34 bits per heavy atom. The van der Waals surface area contributed by atoms with E-state index in [2.05, 4.69) is 33.9 Å². The topological polar surface area (TPSA) is 92.5 Å². The predicted octanol–water partition coefficient (Wildman–Crippen LogP) is 3.89. The molecule has 8 heteroatoms. The molecular formula is C21H27N3O4S. The van der Waals surface area contributed by atoms with Gasteiger partial charge in [-0.25, -0.2) is 13.1 Å². The Morgan fingerprint density at radius 2 is 1.69 bits per heavy atom.